The summed E-state index contributed by atoms with van der Waals surface area (Å²) in [4.78, 5) is 34.1. The third kappa shape index (κ3) is 4.86. The second kappa shape index (κ2) is 10.0. The molecule has 0 amide bonds. The second-order valence-electron chi connectivity index (χ2n) is 6.79. The van der Waals surface area contributed by atoms with E-state index in [2.05, 4.69) is 9.98 Å². The summed E-state index contributed by atoms with van der Waals surface area (Å²) in [5.74, 6) is -0.391. The predicted octanol–water partition coefficient (Wildman–Crippen LogP) is 3.56. The molecule has 1 aromatic carbocycles. The van der Waals surface area contributed by atoms with Gasteiger partial charge in [0.25, 0.3) is 5.56 Å². The first-order chi connectivity index (χ1) is 14.5. The molecule has 156 valence electrons. The Balaban J connectivity index is 2.05. The number of aliphatic imine (C=N–C) groups is 1. The van der Waals surface area contributed by atoms with E-state index in [4.69, 9.17) is 11.6 Å². The minimum absolute atomic E-state index is 0.0568. The molecule has 1 N–H and O–H groups in total. The fraction of sp³-hybridized carbons (Fsp3) is 0.273. The molecule has 3 aromatic rings. The van der Waals surface area contributed by atoms with Gasteiger partial charge in [0.2, 0.25) is 5.88 Å². The molecule has 0 fully saturated rings. The Bertz CT molecular complexity index is 1150. The minimum Gasteiger partial charge on any atom is -0.494 e. The molecule has 2 aromatic heterocycles. The molecule has 2 heterocycles. The Morgan fingerprint density at radius 2 is 1.87 bits per heavy atom. The van der Waals surface area contributed by atoms with Gasteiger partial charge in [-0.1, -0.05) is 55.3 Å². The Hall–Kier alpha value is -3.19. The maximum atomic E-state index is 13.0. The van der Waals surface area contributed by atoms with Crippen molar-refractivity contribution in [2.45, 2.75) is 39.3 Å². The predicted molar refractivity (Wildman–Crippen MR) is 118 cm³/mol. The minimum atomic E-state index is -0.593. The normalized spacial score (nSPS) is 11.3. The summed E-state index contributed by atoms with van der Waals surface area (Å²) in [6.45, 7) is 2.49. The van der Waals surface area contributed by atoms with Crippen LogP contribution in [0, 0.1) is 0 Å². The quantitative estimate of drug-likeness (QED) is 0.440. The van der Waals surface area contributed by atoms with Gasteiger partial charge in [-0.15, -0.1) is 0 Å². The van der Waals surface area contributed by atoms with Crippen LogP contribution in [0.25, 0.3) is 0 Å². The maximum Gasteiger partial charge on any atom is 0.333 e. The molecule has 0 aliphatic rings. The third-order valence-corrected chi connectivity index (χ3v) is 5.00. The van der Waals surface area contributed by atoms with Crippen molar-refractivity contribution in [3.63, 3.8) is 0 Å². The molecule has 0 spiro atoms. The van der Waals surface area contributed by atoms with Gasteiger partial charge >= 0.3 is 5.69 Å². The molecule has 7 nitrogen and oxygen atoms in total. The Labute approximate surface area is 178 Å². The van der Waals surface area contributed by atoms with Crippen LogP contribution in [0.5, 0.6) is 5.88 Å². The Kier molecular flexibility index (Phi) is 7.19. The van der Waals surface area contributed by atoms with E-state index < -0.39 is 17.1 Å². The van der Waals surface area contributed by atoms with Crippen LogP contribution in [0.15, 0.2) is 63.2 Å². The molecule has 8 heteroatoms. The van der Waals surface area contributed by atoms with Crippen molar-refractivity contribution in [2.24, 2.45) is 4.99 Å². The number of benzene rings is 1. The van der Waals surface area contributed by atoms with Gasteiger partial charge < -0.3 is 5.11 Å². The van der Waals surface area contributed by atoms with E-state index in [0.29, 0.717) is 25.1 Å². The average Bonchev–Trinajstić information content (AvgIpc) is 2.75. The lowest BCUT2D eigenvalue weighted by Gasteiger charge is -2.14. The lowest BCUT2D eigenvalue weighted by molar-refractivity contribution is 0.382. The van der Waals surface area contributed by atoms with E-state index in [1.54, 1.807) is 12.1 Å². The molecule has 0 saturated heterocycles. The molecular formula is C22H23ClN4O3. The van der Waals surface area contributed by atoms with Crippen molar-refractivity contribution in [3.05, 3.63) is 85.8 Å². The zero-order valence-electron chi connectivity index (χ0n) is 16.7. The van der Waals surface area contributed by atoms with E-state index >= 15 is 0 Å². The second-order valence-corrected chi connectivity index (χ2v) is 7.15. The molecule has 0 atom stereocenters. The zero-order valence-corrected chi connectivity index (χ0v) is 17.4. The number of hydrogen-bond acceptors (Lipinski definition) is 5. The van der Waals surface area contributed by atoms with Gasteiger partial charge in [-0.05, 0) is 30.5 Å². The Morgan fingerprint density at radius 3 is 2.57 bits per heavy atom. The number of rotatable bonds is 8. The van der Waals surface area contributed by atoms with E-state index in [9.17, 15) is 14.7 Å². The first kappa shape index (κ1) is 21.5. The highest BCUT2D eigenvalue weighted by Gasteiger charge is 2.17. The van der Waals surface area contributed by atoms with Crippen molar-refractivity contribution in [3.8, 4) is 5.88 Å². The number of pyridine rings is 1. The van der Waals surface area contributed by atoms with Gasteiger partial charge in [-0.25, -0.2) is 9.78 Å². The highest BCUT2D eigenvalue weighted by atomic mass is 35.5. The number of halogens is 1. The topological polar surface area (TPSA) is 89.5 Å². The number of aryl methyl sites for hydroxylation is 1. The summed E-state index contributed by atoms with van der Waals surface area (Å²) in [5, 5.41) is 10.8. The van der Waals surface area contributed by atoms with E-state index in [0.717, 1.165) is 16.6 Å². The van der Waals surface area contributed by atoms with Gasteiger partial charge in [0, 0.05) is 25.5 Å². The summed E-state index contributed by atoms with van der Waals surface area (Å²) < 4.78 is 2.37. The van der Waals surface area contributed by atoms with Gasteiger partial charge in [0.15, 0.2) is 5.15 Å². The van der Waals surface area contributed by atoms with Crippen molar-refractivity contribution >= 4 is 23.5 Å². The number of aromatic nitrogens is 3. The molecule has 30 heavy (non-hydrogen) atoms. The average molecular weight is 427 g/mol. The van der Waals surface area contributed by atoms with E-state index in [1.807, 2.05) is 37.3 Å². The van der Waals surface area contributed by atoms with Crippen LogP contribution < -0.4 is 11.2 Å². The van der Waals surface area contributed by atoms with Crippen LogP contribution in [-0.4, -0.2) is 25.4 Å². The summed E-state index contributed by atoms with van der Waals surface area (Å²) in [7, 11) is 0. The van der Waals surface area contributed by atoms with Crippen LogP contribution >= 0.6 is 11.6 Å². The largest absolute Gasteiger partial charge is 0.494 e. The summed E-state index contributed by atoms with van der Waals surface area (Å²) in [5.41, 5.74) is 0.191. The maximum absolute atomic E-state index is 13.0. The van der Waals surface area contributed by atoms with Crippen molar-refractivity contribution in [1.29, 1.82) is 0 Å². The third-order valence-electron chi connectivity index (χ3n) is 4.71. The standard InChI is InChI=1S/C22H23ClN4O3/c1-2-3-13-26-20(28)17(15-25-18-10-7-12-24-19(18)23)21(29)27(22(26)30)14-11-16-8-5-4-6-9-16/h4-10,12,15,28H,2-3,11,13-14H2,1H3. The number of unbranched alkanes of at least 4 members (excludes halogenated alkanes) is 1. The van der Waals surface area contributed by atoms with Gasteiger partial charge in [0.1, 0.15) is 11.3 Å². The SMILES string of the molecule is CCCCn1c(O)c(C=Nc2cccnc2Cl)c(=O)n(CCc2ccccc2)c1=O. The summed E-state index contributed by atoms with van der Waals surface area (Å²) in [6.07, 6.45) is 4.81. The lowest BCUT2D eigenvalue weighted by atomic mass is 10.1. The monoisotopic (exact) mass is 426 g/mol. The number of nitrogens with zero attached hydrogens (tertiary/aromatic N) is 4. The molecule has 3 rings (SSSR count). The fourth-order valence-corrected chi connectivity index (χ4v) is 3.20. The first-order valence-electron chi connectivity index (χ1n) is 9.78. The molecule has 0 unspecified atom stereocenters. The van der Waals surface area contributed by atoms with Crippen LogP contribution in [0.1, 0.15) is 30.9 Å². The molecule has 0 bridgehead atoms. The van der Waals surface area contributed by atoms with Gasteiger partial charge in [0.05, 0.1) is 0 Å². The molecule has 0 aliphatic carbocycles. The van der Waals surface area contributed by atoms with Gasteiger partial charge in [-0.3, -0.25) is 18.9 Å². The fourth-order valence-electron chi connectivity index (χ4n) is 3.03. The van der Waals surface area contributed by atoms with E-state index in [-0.39, 0.29) is 17.3 Å². The van der Waals surface area contributed by atoms with Gasteiger partial charge in [-0.2, -0.15) is 0 Å². The zero-order chi connectivity index (χ0) is 21.5. The van der Waals surface area contributed by atoms with E-state index in [1.165, 1.54) is 17.0 Å². The summed E-state index contributed by atoms with van der Waals surface area (Å²) in [6, 6.07) is 12.9. The highest BCUT2D eigenvalue weighted by molar-refractivity contribution is 6.31. The number of hydrogen-bond donors (Lipinski definition) is 1. The van der Waals surface area contributed by atoms with Crippen LogP contribution in [0.3, 0.4) is 0 Å². The first-order valence-corrected chi connectivity index (χ1v) is 10.2. The smallest absolute Gasteiger partial charge is 0.333 e. The summed E-state index contributed by atoms with van der Waals surface area (Å²) >= 11 is 6.02. The van der Waals surface area contributed by atoms with Crippen molar-refractivity contribution in [2.75, 3.05) is 0 Å². The molecule has 0 radical (unpaired) electrons. The van der Waals surface area contributed by atoms with Crippen molar-refractivity contribution in [1.82, 2.24) is 14.1 Å². The number of aromatic hydroxyl groups is 1. The van der Waals surface area contributed by atoms with Crippen molar-refractivity contribution < 1.29 is 5.11 Å². The van der Waals surface area contributed by atoms with Crippen LogP contribution in [-0.2, 0) is 19.5 Å². The highest BCUT2D eigenvalue weighted by Crippen LogP contribution is 2.21. The molecular weight excluding hydrogens is 404 g/mol. The molecule has 0 saturated carbocycles. The van der Waals surface area contributed by atoms with Crippen LogP contribution in [0.2, 0.25) is 5.15 Å². The lowest BCUT2D eigenvalue weighted by Crippen LogP contribution is -2.42. The Morgan fingerprint density at radius 1 is 1.10 bits per heavy atom. The molecule has 0 aliphatic heterocycles. The van der Waals surface area contributed by atoms with Crippen LogP contribution in [0.4, 0.5) is 5.69 Å².